The molecule has 0 bridgehead atoms. The molecule has 1 saturated heterocycles. The highest BCUT2D eigenvalue weighted by molar-refractivity contribution is 6.29. The van der Waals surface area contributed by atoms with Gasteiger partial charge in [0, 0.05) is 69.1 Å². The van der Waals surface area contributed by atoms with Gasteiger partial charge in [0.1, 0.15) is 5.15 Å². The normalized spacial score (nSPS) is 21.4. The van der Waals surface area contributed by atoms with E-state index in [1.165, 1.54) is 29.1 Å². The van der Waals surface area contributed by atoms with Crippen LogP contribution in [0.1, 0.15) is 10.4 Å². The van der Waals surface area contributed by atoms with E-state index in [9.17, 15) is 14.0 Å². The summed E-state index contributed by atoms with van der Waals surface area (Å²) >= 11 is 5.81. The molecule has 2 aliphatic rings. The lowest BCUT2D eigenvalue weighted by molar-refractivity contribution is 0.0772. The summed E-state index contributed by atoms with van der Waals surface area (Å²) in [4.78, 5) is 41.4. The molecule has 3 aromatic heterocycles. The van der Waals surface area contributed by atoms with Crippen LogP contribution < -0.4 is 10.5 Å². The van der Waals surface area contributed by atoms with E-state index in [0.717, 1.165) is 6.20 Å². The summed E-state index contributed by atoms with van der Waals surface area (Å²) in [5.41, 5.74) is 0.743. The summed E-state index contributed by atoms with van der Waals surface area (Å²) in [5, 5.41) is 0.347. The Balaban J connectivity index is 1.34. The number of anilines is 1. The van der Waals surface area contributed by atoms with Gasteiger partial charge < -0.3 is 9.80 Å². The zero-order valence-corrected chi connectivity index (χ0v) is 18.2. The molecule has 3 atom stereocenters. The Kier molecular flexibility index (Phi) is 4.93. The van der Waals surface area contributed by atoms with Gasteiger partial charge in [-0.2, -0.15) is 0 Å². The highest BCUT2D eigenvalue weighted by Crippen LogP contribution is 2.49. The zero-order valence-electron chi connectivity index (χ0n) is 17.4. The minimum atomic E-state index is -0.531. The Hall–Kier alpha value is -3.33. The maximum Gasteiger partial charge on any atom is 0.255 e. The fourth-order valence-corrected chi connectivity index (χ4v) is 4.73. The molecule has 8 nitrogen and oxygen atoms in total. The number of carbonyl (C=O) groups is 1. The minimum absolute atomic E-state index is 0.0662. The van der Waals surface area contributed by atoms with Crippen molar-refractivity contribution in [2.24, 2.45) is 18.9 Å². The van der Waals surface area contributed by atoms with Crippen molar-refractivity contribution in [2.75, 3.05) is 25.0 Å². The van der Waals surface area contributed by atoms with E-state index in [1.54, 1.807) is 19.2 Å². The van der Waals surface area contributed by atoms with E-state index in [4.69, 9.17) is 11.6 Å². The second kappa shape index (κ2) is 7.67. The van der Waals surface area contributed by atoms with E-state index in [2.05, 4.69) is 15.0 Å². The molecule has 10 heteroatoms. The number of hydrogen-bond donors (Lipinski definition) is 0. The number of halogens is 2. The maximum absolute atomic E-state index is 14.2. The van der Waals surface area contributed by atoms with Crippen LogP contribution in [0.2, 0.25) is 5.15 Å². The van der Waals surface area contributed by atoms with Crippen LogP contribution >= 0.6 is 11.6 Å². The molecular weight excluding hydrogens is 435 g/mol. The van der Waals surface area contributed by atoms with Crippen LogP contribution in [0, 0.1) is 17.7 Å². The van der Waals surface area contributed by atoms with Gasteiger partial charge in [-0.05, 0) is 18.2 Å². The standard InChI is InChI=1S/C22H20ClFN6O2/c1-28-19(31)7-17(13-5-6-25-9-16(13)24)27-22(28)29(2)20-14-10-30(11-15(14)20)21(32)12-3-4-18(23)26-8-12/h3-9,14-15,20H,10-11H2,1-2H3/t14-,15+,20?. The molecule has 4 heterocycles. The lowest BCUT2D eigenvalue weighted by Gasteiger charge is -2.26. The number of rotatable bonds is 4. The molecule has 3 aromatic rings. The number of carbonyl (C=O) groups excluding carboxylic acids is 1. The van der Waals surface area contributed by atoms with E-state index >= 15 is 0 Å². The molecule has 164 valence electrons. The molecule has 5 rings (SSSR count). The van der Waals surface area contributed by atoms with Crippen LogP contribution in [0.25, 0.3) is 11.3 Å². The SMILES string of the molecule is CN(c1nc(-c2ccncc2F)cc(=O)n1C)C1[C@H]2CN(C(=O)c3ccc(Cl)nc3)C[C@@H]12. The molecule has 1 unspecified atom stereocenters. The van der Waals surface area contributed by atoms with Crippen molar-refractivity contribution < 1.29 is 9.18 Å². The second-order valence-electron chi connectivity index (χ2n) is 8.20. The van der Waals surface area contributed by atoms with Gasteiger partial charge in [0.2, 0.25) is 5.95 Å². The second-order valence-corrected chi connectivity index (χ2v) is 8.59. The molecule has 2 fully saturated rings. The average molecular weight is 455 g/mol. The largest absolute Gasteiger partial charge is 0.342 e. The van der Waals surface area contributed by atoms with E-state index in [1.807, 2.05) is 16.8 Å². The fourth-order valence-electron chi connectivity index (χ4n) is 4.62. The van der Waals surface area contributed by atoms with Gasteiger partial charge in [-0.3, -0.25) is 19.1 Å². The molecule has 0 N–H and O–H groups in total. The maximum atomic E-state index is 14.2. The summed E-state index contributed by atoms with van der Waals surface area (Å²) in [7, 11) is 3.53. The molecule has 1 saturated carbocycles. The smallest absolute Gasteiger partial charge is 0.255 e. The fraction of sp³-hybridized carbons (Fsp3) is 0.318. The third-order valence-electron chi connectivity index (χ3n) is 6.33. The van der Waals surface area contributed by atoms with Crippen molar-refractivity contribution in [1.82, 2.24) is 24.4 Å². The van der Waals surface area contributed by atoms with E-state index in [-0.39, 0.29) is 40.6 Å². The first-order valence-corrected chi connectivity index (χ1v) is 10.5. The lowest BCUT2D eigenvalue weighted by Crippen LogP contribution is -2.38. The molecule has 1 amide bonds. The van der Waals surface area contributed by atoms with Crippen LogP contribution in [-0.2, 0) is 7.05 Å². The monoisotopic (exact) mass is 454 g/mol. The molecule has 32 heavy (non-hydrogen) atoms. The molecular formula is C22H20ClFN6O2. The van der Waals surface area contributed by atoms with Gasteiger partial charge in [0.25, 0.3) is 11.5 Å². The minimum Gasteiger partial charge on any atom is -0.342 e. The topological polar surface area (TPSA) is 84.2 Å². The first-order chi connectivity index (χ1) is 15.3. The Labute approximate surface area is 188 Å². The van der Waals surface area contributed by atoms with Crippen molar-refractivity contribution in [3.8, 4) is 11.3 Å². The Morgan fingerprint density at radius 1 is 1.22 bits per heavy atom. The van der Waals surface area contributed by atoms with Crippen LogP contribution in [0.15, 0.2) is 47.7 Å². The van der Waals surface area contributed by atoms with Crippen LogP contribution in [0.5, 0.6) is 0 Å². The average Bonchev–Trinajstić information content (AvgIpc) is 3.28. The summed E-state index contributed by atoms with van der Waals surface area (Å²) < 4.78 is 15.7. The summed E-state index contributed by atoms with van der Waals surface area (Å²) in [6, 6.07) is 6.26. The predicted molar refractivity (Wildman–Crippen MR) is 117 cm³/mol. The third-order valence-corrected chi connectivity index (χ3v) is 6.56. The Bertz CT molecular complexity index is 1250. The molecule has 0 spiro atoms. The van der Waals surface area contributed by atoms with Crippen molar-refractivity contribution >= 4 is 23.5 Å². The van der Waals surface area contributed by atoms with Crippen LogP contribution in [-0.4, -0.2) is 56.5 Å². The predicted octanol–water partition coefficient (Wildman–Crippen LogP) is 2.24. The summed E-state index contributed by atoms with van der Waals surface area (Å²) in [6.07, 6.45) is 4.06. The van der Waals surface area contributed by atoms with E-state index < -0.39 is 5.82 Å². The number of likely N-dealkylation sites (tertiary alicyclic amines) is 1. The van der Waals surface area contributed by atoms with Crippen molar-refractivity contribution in [3.05, 3.63) is 69.7 Å². The first-order valence-electron chi connectivity index (χ1n) is 10.2. The first kappa shape index (κ1) is 20.6. The van der Waals surface area contributed by atoms with Gasteiger partial charge >= 0.3 is 0 Å². The van der Waals surface area contributed by atoms with Gasteiger partial charge in [0.15, 0.2) is 5.82 Å². The lowest BCUT2D eigenvalue weighted by atomic mass is 10.2. The number of hydrogen-bond acceptors (Lipinski definition) is 6. The number of amides is 1. The number of aromatic nitrogens is 4. The number of piperidine rings is 1. The highest BCUT2D eigenvalue weighted by atomic mass is 35.5. The van der Waals surface area contributed by atoms with Gasteiger partial charge in [-0.25, -0.2) is 14.4 Å². The summed E-state index contributed by atoms with van der Waals surface area (Å²) in [6.45, 7) is 1.24. The Morgan fingerprint density at radius 3 is 2.62 bits per heavy atom. The van der Waals surface area contributed by atoms with Gasteiger partial charge in [0.05, 0.1) is 17.5 Å². The van der Waals surface area contributed by atoms with Crippen molar-refractivity contribution in [3.63, 3.8) is 0 Å². The molecule has 1 aliphatic carbocycles. The van der Waals surface area contributed by atoms with Crippen molar-refractivity contribution in [1.29, 1.82) is 0 Å². The van der Waals surface area contributed by atoms with Crippen molar-refractivity contribution in [2.45, 2.75) is 6.04 Å². The van der Waals surface area contributed by atoms with Crippen LogP contribution in [0.3, 0.4) is 0 Å². The quantitative estimate of drug-likeness (QED) is 0.562. The zero-order chi connectivity index (χ0) is 22.6. The molecule has 0 radical (unpaired) electrons. The third kappa shape index (κ3) is 3.42. The van der Waals surface area contributed by atoms with E-state index in [0.29, 0.717) is 29.8 Å². The van der Waals surface area contributed by atoms with Gasteiger partial charge in [-0.1, -0.05) is 11.6 Å². The number of nitrogens with zero attached hydrogens (tertiary/aromatic N) is 6. The molecule has 1 aliphatic heterocycles. The summed E-state index contributed by atoms with van der Waals surface area (Å²) in [5.74, 6) is 0.423. The van der Waals surface area contributed by atoms with Crippen LogP contribution in [0.4, 0.5) is 10.3 Å². The number of fused-ring (bicyclic) bond motifs is 1. The highest BCUT2D eigenvalue weighted by Gasteiger charge is 2.59. The number of pyridine rings is 2. The van der Waals surface area contributed by atoms with Gasteiger partial charge in [-0.15, -0.1) is 0 Å². The Morgan fingerprint density at radius 2 is 1.97 bits per heavy atom. The molecule has 0 aromatic carbocycles.